The van der Waals surface area contributed by atoms with Gasteiger partial charge in [-0.2, -0.15) is 0 Å². The number of pyridine rings is 1. The molecule has 1 unspecified atom stereocenters. The summed E-state index contributed by atoms with van der Waals surface area (Å²) in [7, 11) is 0. The Morgan fingerprint density at radius 1 is 1.25 bits per heavy atom. The molecule has 0 aliphatic rings. The highest BCUT2D eigenvalue weighted by molar-refractivity contribution is 9.11. The van der Waals surface area contributed by atoms with E-state index in [0.29, 0.717) is 0 Å². The van der Waals surface area contributed by atoms with Crippen molar-refractivity contribution in [1.82, 2.24) is 10.3 Å². The van der Waals surface area contributed by atoms with Crippen LogP contribution in [0.1, 0.15) is 23.4 Å². The van der Waals surface area contributed by atoms with Crippen LogP contribution in [0, 0.1) is 0 Å². The van der Waals surface area contributed by atoms with Crippen LogP contribution in [0.2, 0.25) is 0 Å². The molecule has 0 spiro atoms. The molecule has 2 aromatic heterocycles. The van der Waals surface area contributed by atoms with Crippen molar-refractivity contribution < 1.29 is 0 Å². The van der Waals surface area contributed by atoms with Gasteiger partial charge in [-0.05, 0) is 52.3 Å². The molecule has 0 saturated heterocycles. The first-order chi connectivity index (χ1) is 9.78. The Hall–Kier alpha value is -1.23. The number of nitrogens with one attached hydrogen (secondary N) is 1. The molecule has 2 heterocycles. The van der Waals surface area contributed by atoms with Gasteiger partial charge in [0.2, 0.25) is 0 Å². The molecule has 0 amide bonds. The number of thiophene rings is 1. The quantitative estimate of drug-likeness (QED) is 0.736. The van der Waals surface area contributed by atoms with Crippen LogP contribution < -0.4 is 5.32 Å². The molecule has 3 aromatic rings. The second-order valence-corrected chi connectivity index (χ2v) is 7.08. The van der Waals surface area contributed by atoms with Crippen LogP contribution in [0.5, 0.6) is 0 Å². The molecule has 1 aromatic carbocycles. The van der Waals surface area contributed by atoms with Crippen LogP contribution in [-0.4, -0.2) is 11.5 Å². The van der Waals surface area contributed by atoms with E-state index in [-0.39, 0.29) is 6.04 Å². The average Bonchev–Trinajstić information content (AvgIpc) is 2.90. The molecular formula is C16H15BrN2S. The molecule has 2 nitrogen and oxygen atoms in total. The van der Waals surface area contributed by atoms with Gasteiger partial charge in [-0.3, -0.25) is 4.98 Å². The zero-order chi connectivity index (χ0) is 13.9. The number of hydrogen-bond acceptors (Lipinski definition) is 3. The number of aromatic nitrogens is 1. The fourth-order valence-corrected chi connectivity index (χ4v) is 3.86. The van der Waals surface area contributed by atoms with Crippen LogP contribution in [0.3, 0.4) is 0 Å². The van der Waals surface area contributed by atoms with Gasteiger partial charge < -0.3 is 5.32 Å². The second-order valence-electron chi connectivity index (χ2n) is 4.59. The minimum absolute atomic E-state index is 0.225. The molecule has 20 heavy (non-hydrogen) atoms. The molecule has 1 N–H and O–H groups in total. The third-order valence-electron chi connectivity index (χ3n) is 3.25. The summed E-state index contributed by atoms with van der Waals surface area (Å²) in [4.78, 5) is 5.76. The summed E-state index contributed by atoms with van der Waals surface area (Å²) >= 11 is 5.31. The molecule has 0 bridgehead atoms. The Labute approximate surface area is 131 Å². The van der Waals surface area contributed by atoms with Gasteiger partial charge in [0.1, 0.15) is 0 Å². The highest BCUT2D eigenvalue weighted by atomic mass is 79.9. The Bertz CT molecular complexity index is 723. The first kappa shape index (κ1) is 13.7. The van der Waals surface area contributed by atoms with E-state index < -0.39 is 0 Å². The van der Waals surface area contributed by atoms with E-state index in [0.717, 1.165) is 15.8 Å². The van der Waals surface area contributed by atoms with Gasteiger partial charge in [-0.1, -0.05) is 25.1 Å². The minimum atomic E-state index is 0.225. The van der Waals surface area contributed by atoms with E-state index in [4.69, 9.17) is 0 Å². The fraction of sp³-hybridized carbons (Fsp3) is 0.188. The molecule has 1 atom stereocenters. The minimum Gasteiger partial charge on any atom is -0.306 e. The summed E-state index contributed by atoms with van der Waals surface area (Å²) in [5.74, 6) is 0. The topological polar surface area (TPSA) is 24.9 Å². The maximum absolute atomic E-state index is 4.45. The zero-order valence-electron chi connectivity index (χ0n) is 11.1. The van der Waals surface area contributed by atoms with Crippen molar-refractivity contribution in [2.45, 2.75) is 13.0 Å². The molecule has 0 saturated carbocycles. The number of nitrogens with zero attached hydrogens (tertiary/aromatic N) is 1. The Morgan fingerprint density at radius 3 is 2.90 bits per heavy atom. The van der Waals surface area contributed by atoms with Crippen molar-refractivity contribution in [3.63, 3.8) is 0 Å². The SMILES string of the molecule is CCNC(c1ccc2cccnc2c1)c1ccc(Br)s1. The molecule has 0 fully saturated rings. The Kier molecular flexibility index (Phi) is 4.15. The summed E-state index contributed by atoms with van der Waals surface area (Å²) < 4.78 is 1.16. The van der Waals surface area contributed by atoms with Gasteiger partial charge in [0.15, 0.2) is 0 Å². The third-order valence-corrected chi connectivity index (χ3v) is 4.94. The molecule has 4 heteroatoms. The van der Waals surface area contributed by atoms with Gasteiger partial charge in [-0.25, -0.2) is 0 Å². The maximum atomic E-state index is 4.45. The van der Waals surface area contributed by atoms with Crippen molar-refractivity contribution >= 4 is 38.2 Å². The highest BCUT2D eigenvalue weighted by Gasteiger charge is 2.15. The van der Waals surface area contributed by atoms with Crippen LogP contribution in [0.4, 0.5) is 0 Å². The molecular weight excluding hydrogens is 332 g/mol. The van der Waals surface area contributed by atoms with Crippen LogP contribution in [0.25, 0.3) is 10.9 Å². The van der Waals surface area contributed by atoms with Gasteiger partial charge >= 0.3 is 0 Å². The summed E-state index contributed by atoms with van der Waals surface area (Å²) in [5, 5.41) is 4.73. The van der Waals surface area contributed by atoms with Crippen molar-refractivity contribution in [2.75, 3.05) is 6.54 Å². The van der Waals surface area contributed by atoms with Gasteiger partial charge in [0, 0.05) is 16.5 Å². The summed E-state index contributed by atoms with van der Waals surface area (Å²) in [5.41, 5.74) is 2.30. The lowest BCUT2D eigenvalue weighted by molar-refractivity contribution is 0.640. The largest absolute Gasteiger partial charge is 0.306 e. The fourth-order valence-electron chi connectivity index (χ4n) is 2.33. The summed E-state index contributed by atoms with van der Waals surface area (Å²) in [6.45, 7) is 3.06. The van der Waals surface area contributed by atoms with Crippen LogP contribution in [0.15, 0.2) is 52.4 Å². The maximum Gasteiger partial charge on any atom is 0.0705 e. The normalized spacial score (nSPS) is 12.7. The smallest absolute Gasteiger partial charge is 0.0705 e. The third kappa shape index (κ3) is 2.77. The Morgan fingerprint density at radius 2 is 2.15 bits per heavy atom. The van der Waals surface area contributed by atoms with Gasteiger partial charge in [0.25, 0.3) is 0 Å². The number of halogens is 1. The first-order valence-electron chi connectivity index (χ1n) is 6.61. The lowest BCUT2D eigenvalue weighted by Crippen LogP contribution is -2.21. The average molecular weight is 347 g/mol. The van der Waals surface area contributed by atoms with Crippen molar-refractivity contribution in [3.05, 3.63) is 62.9 Å². The van der Waals surface area contributed by atoms with Gasteiger partial charge in [0.05, 0.1) is 15.3 Å². The van der Waals surface area contributed by atoms with E-state index >= 15 is 0 Å². The van der Waals surface area contributed by atoms with E-state index in [2.05, 4.69) is 69.6 Å². The lowest BCUT2D eigenvalue weighted by atomic mass is 10.0. The van der Waals surface area contributed by atoms with Crippen molar-refractivity contribution in [2.24, 2.45) is 0 Å². The van der Waals surface area contributed by atoms with Crippen molar-refractivity contribution in [1.29, 1.82) is 0 Å². The monoisotopic (exact) mass is 346 g/mol. The highest BCUT2D eigenvalue weighted by Crippen LogP contribution is 2.32. The number of benzene rings is 1. The molecule has 102 valence electrons. The van der Waals surface area contributed by atoms with Gasteiger partial charge in [-0.15, -0.1) is 11.3 Å². The molecule has 3 rings (SSSR count). The molecule has 0 radical (unpaired) electrons. The first-order valence-corrected chi connectivity index (χ1v) is 8.22. The number of fused-ring (bicyclic) bond motifs is 1. The molecule has 0 aliphatic carbocycles. The van der Waals surface area contributed by atoms with Crippen molar-refractivity contribution in [3.8, 4) is 0 Å². The van der Waals surface area contributed by atoms with Crippen LogP contribution >= 0.6 is 27.3 Å². The predicted octanol–water partition coefficient (Wildman–Crippen LogP) is 4.76. The van der Waals surface area contributed by atoms with E-state index in [1.165, 1.54) is 15.8 Å². The summed E-state index contributed by atoms with van der Waals surface area (Å²) in [6.07, 6.45) is 1.84. The predicted molar refractivity (Wildman–Crippen MR) is 89.3 cm³/mol. The second kappa shape index (κ2) is 6.04. The standard InChI is InChI=1S/C16H15BrN2S/c1-2-18-16(14-7-8-15(17)20-14)12-6-5-11-4-3-9-19-13(11)10-12/h3-10,16,18H,2H2,1H3. The number of rotatable bonds is 4. The van der Waals surface area contributed by atoms with E-state index in [1.807, 2.05) is 12.3 Å². The zero-order valence-corrected chi connectivity index (χ0v) is 13.5. The Balaban J connectivity index is 2.04. The van der Waals surface area contributed by atoms with E-state index in [9.17, 15) is 0 Å². The summed E-state index contributed by atoms with van der Waals surface area (Å²) in [6, 6.07) is 15.1. The lowest BCUT2D eigenvalue weighted by Gasteiger charge is -2.17. The van der Waals surface area contributed by atoms with Crippen LogP contribution in [-0.2, 0) is 0 Å². The number of hydrogen-bond donors (Lipinski definition) is 1. The van der Waals surface area contributed by atoms with E-state index in [1.54, 1.807) is 11.3 Å². The molecule has 0 aliphatic heterocycles.